The van der Waals surface area contributed by atoms with E-state index in [0.717, 1.165) is 26.8 Å². The largest absolute Gasteiger partial charge is 0.497 e. The van der Waals surface area contributed by atoms with E-state index in [0.29, 0.717) is 23.6 Å². The van der Waals surface area contributed by atoms with Crippen molar-refractivity contribution in [3.63, 3.8) is 0 Å². The maximum atomic E-state index is 13.2. The summed E-state index contributed by atoms with van der Waals surface area (Å²) in [7, 11) is 3.08. The highest BCUT2D eigenvalue weighted by molar-refractivity contribution is 7.17. The summed E-state index contributed by atoms with van der Waals surface area (Å²) in [6.07, 6.45) is 1.92. The van der Waals surface area contributed by atoms with Gasteiger partial charge < -0.3 is 14.8 Å². The number of carbonyl (C=O) groups is 1. The lowest BCUT2D eigenvalue weighted by molar-refractivity contribution is 0.0948. The van der Waals surface area contributed by atoms with Crippen molar-refractivity contribution >= 4 is 22.2 Å². The fraction of sp³-hybridized carbons (Fsp3) is 0.182. The number of hydrogen-bond acceptors (Lipinski definition) is 5. The number of ether oxygens (including phenoxy) is 2. The Bertz CT molecular complexity index is 1210. The van der Waals surface area contributed by atoms with Gasteiger partial charge in [0.25, 0.3) is 5.91 Å². The third-order valence-corrected chi connectivity index (χ3v) is 6.01. The van der Waals surface area contributed by atoms with Crippen LogP contribution in [0.25, 0.3) is 16.2 Å². The van der Waals surface area contributed by atoms with E-state index >= 15 is 0 Å². The zero-order valence-corrected chi connectivity index (χ0v) is 17.5. The molecule has 6 nitrogen and oxygen atoms in total. The van der Waals surface area contributed by atoms with Gasteiger partial charge in [-0.3, -0.25) is 9.20 Å². The van der Waals surface area contributed by atoms with Gasteiger partial charge in [0.15, 0.2) is 4.96 Å². The number of amides is 1. The molecule has 154 valence electrons. The molecule has 4 aromatic rings. The fourth-order valence-corrected chi connectivity index (χ4v) is 4.20. The molecule has 0 radical (unpaired) electrons. The van der Waals surface area contributed by atoms with Crippen LogP contribution in [0.15, 0.2) is 48.7 Å². The molecular formula is C22H20FN3O3S. The third-order valence-electron chi connectivity index (χ3n) is 4.86. The molecule has 0 spiro atoms. The maximum Gasteiger partial charge on any atom is 0.255 e. The highest BCUT2D eigenvalue weighted by atomic mass is 32.1. The first-order valence-corrected chi connectivity index (χ1v) is 10.1. The van der Waals surface area contributed by atoms with Gasteiger partial charge >= 0.3 is 0 Å². The number of benzene rings is 2. The Morgan fingerprint density at radius 2 is 1.93 bits per heavy atom. The van der Waals surface area contributed by atoms with E-state index in [1.807, 2.05) is 17.5 Å². The van der Waals surface area contributed by atoms with E-state index in [9.17, 15) is 9.18 Å². The molecule has 0 saturated heterocycles. The normalized spacial score (nSPS) is 10.9. The van der Waals surface area contributed by atoms with Gasteiger partial charge in [-0.25, -0.2) is 9.37 Å². The Labute approximate surface area is 176 Å². The third kappa shape index (κ3) is 3.73. The molecule has 0 atom stereocenters. The van der Waals surface area contributed by atoms with Crippen molar-refractivity contribution in [3.05, 3.63) is 70.6 Å². The molecule has 1 amide bonds. The molecule has 0 fully saturated rings. The number of rotatable bonds is 6. The Morgan fingerprint density at radius 1 is 1.17 bits per heavy atom. The van der Waals surface area contributed by atoms with Crippen LogP contribution in [0.4, 0.5) is 4.39 Å². The van der Waals surface area contributed by atoms with Crippen LogP contribution in [-0.2, 0) is 6.54 Å². The summed E-state index contributed by atoms with van der Waals surface area (Å²) in [6, 6.07) is 11.3. The van der Waals surface area contributed by atoms with Crippen molar-refractivity contribution in [3.8, 4) is 22.8 Å². The molecule has 30 heavy (non-hydrogen) atoms. The zero-order chi connectivity index (χ0) is 21.3. The smallest absolute Gasteiger partial charge is 0.255 e. The molecule has 8 heteroatoms. The van der Waals surface area contributed by atoms with E-state index in [4.69, 9.17) is 9.47 Å². The molecule has 2 aromatic carbocycles. The second kappa shape index (κ2) is 8.16. The van der Waals surface area contributed by atoms with Crippen molar-refractivity contribution in [1.29, 1.82) is 0 Å². The standard InChI is InChI=1S/C22H20FN3O3S/c1-13-20(11-24-21(27)17-9-8-16(28-2)10-19(17)29-3)30-22-25-18(12-26(13)22)14-4-6-15(23)7-5-14/h4-10,12H,11H2,1-3H3,(H,24,27). The van der Waals surface area contributed by atoms with E-state index < -0.39 is 0 Å². The van der Waals surface area contributed by atoms with Gasteiger partial charge in [0.2, 0.25) is 0 Å². The number of thiazole rings is 1. The number of carbonyl (C=O) groups excluding carboxylic acids is 1. The molecule has 0 aliphatic carbocycles. The monoisotopic (exact) mass is 425 g/mol. The van der Waals surface area contributed by atoms with Crippen LogP contribution in [0.1, 0.15) is 20.9 Å². The van der Waals surface area contributed by atoms with Crippen molar-refractivity contribution < 1.29 is 18.7 Å². The van der Waals surface area contributed by atoms with E-state index in [1.54, 1.807) is 37.4 Å². The Morgan fingerprint density at radius 3 is 2.60 bits per heavy atom. The average molecular weight is 425 g/mol. The topological polar surface area (TPSA) is 64.9 Å². The molecule has 0 aliphatic heterocycles. The average Bonchev–Trinajstić information content (AvgIpc) is 3.31. The molecule has 4 rings (SSSR count). The predicted octanol–water partition coefficient (Wildman–Crippen LogP) is 4.46. The van der Waals surface area contributed by atoms with Crippen molar-refractivity contribution in [2.24, 2.45) is 0 Å². The lowest BCUT2D eigenvalue weighted by atomic mass is 10.1. The van der Waals surface area contributed by atoms with Crippen LogP contribution in [-0.4, -0.2) is 29.5 Å². The Balaban J connectivity index is 1.52. The quantitative estimate of drug-likeness (QED) is 0.496. The SMILES string of the molecule is COc1ccc(C(=O)NCc2sc3nc(-c4ccc(F)cc4)cn3c2C)c(OC)c1. The summed E-state index contributed by atoms with van der Waals surface area (Å²) in [5, 5.41) is 2.94. The number of hydrogen-bond donors (Lipinski definition) is 1. The highest BCUT2D eigenvalue weighted by Crippen LogP contribution is 2.28. The molecular weight excluding hydrogens is 405 g/mol. The van der Waals surface area contributed by atoms with Crippen LogP contribution in [0.5, 0.6) is 11.5 Å². The number of halogens is 1. The van der Waals surface area contributed by atoms with Gasteiger partial charge in [0, 0.05) is 28.4 Å². The van der Waals surface area contributed by atoms with Gasteiger partial charge in [0.05, 0.1) is 32.0 Å². The molecule has 2 aromatic heterocycles. The molecule has 0 unspecified atom stereocenters. The van der Waals surface area contributed by atoms with Gasteiger partial charge in [0.1, 0.15) is 17.3 Å². The first kappa shape index (κ1) is 19.9. The number of imidazole rings is 1. The molecule has 2 heterocycles. The van der Waals surface area contributed by atoms with Crippen LogP contribution < -0.4 is 14.8 Å². The minimum Gasteiger partial charge on any atom is -0.497 e. The van der Waals surface area contributed by atoms with E-state index in [-0.39, 0.29) is 11.7 Å². The second-order valence-electron chi connectivity index (χ2n) is 6.65. The fourth-order valence-electron chi connectivity index (χ4n) is 3.16. The Hall–Kier alpha value is -3.39. The number of nitrogens with zero attached hydrogens (tertiary/aromatic N) is 2. The molecule has 1 N–H and O–H groups in total. The zero-order valence-electron chi connectivity index (χ0n) is 16.7. The predicted molar refractivity (Wildman–Crippen MR) is 114 cm³/mol. The summed E-state index contributed by atoms with van der Waals surface area (Å²) < 4.78 is 25.6. The number of methoxy groups -OCH3 is 2. The first-order valence-electron chi connectivity index (χ1n) is 9.23. The molecule has 0 saturated carbocycles. The van der Waals surface area contributed by atoms with Crippen LogP contribution in [0.3, 0.4) is 0 Å². The highest BCUT2D eigenvalue weighted by Gasteiger charge is 2.16. The van der Waals surface area contributed by atoms with Crippen molar-refractivity contribution in [2.75, 3.05) is 14.2 Å². The summed E-state index contributed by atoms with van der Waals surface area (Å²) in [5.41, 5.74) is 3.07. The molecule has 0 bridgehead atoms. The van der Waals surface area contributed by atoms with Crippen molar-refractivity contribution in [2.45, 2.75) is 13.5 Å². The van der Waals surface area contributed by atoms with Gasteiger partial charge in [-0.1, -0.05) is 11.3 Å². The van der Waals surface area contributed by atoms with Crippen LogP contribution >= 0.6 is 11.3 Å². The van der Waals surface area contributed by atoms with E-state index in [1.165, 1.54) is 30.6 Å². The van der Waals surface area contributed by atoms with Crippen LogP contribution in [0.2, 0.25) is 0 Å². The first-order chi connectivity index (χ1) is 14.5. The number of aromatic nitrogens is 2. The summed E-state index contributed by atoms with van der Waals surface area (Å²) >= 11 is 1.51. The minimum absolute atomic E-state index is 0.230. The van der Waals surface area contributed by atoms with Crippen LogP contribution in [0, 0.1) is 12.7 Å². The molecule has 0 aliphatic rings. The minimum atomic E-state index is -0.275. The van der Waals surface area contributed by atoms with E-state index in [2.05, 4.69) is 10.3 Å². The van der Waals surface area contributed by atoms with Gasteiger partial charge in [-0.15, -0.1) is 0 Å². The lowest BCUT2D eigenvalue weighted by Crippen LogP contribution is -2.23. The number of fused-ring (bicyclic) bond motifs is 1. The second-order valence-corrected chi connectivity index (χ2v) is 7.71. The van der Waals surface area contributed by atoms with Gasteiger partial charge in [-0.2, -0.15) is 0 Å². The summed E-state index contributed by atoms with van der Waals surface area (Å²) in [6.45, 7) is 2.36. The number of aryl methyl sites for hydroxylation is 1. The Kier molecular flexibility index (Phi) is 5.41. The maximum absolute atomic E-state index is 13.2. The summed E-state index contributed by atoms with van der Waals surface area (Å²) in [5.74, 6) is 0.568. The van der Waals surface area contributed by atoms with Crippen molar-refractivity contribution in [1.82, 2.24) is 14.7 Å². The lowest BCUT2D eigenvalue weighted by Gasteiger charge is -2.10. The number of nitrogens with one attached hydrogen (secondary N) is 1. The summed E-state index contributed by atoms with van der Waals surface area (Å²) in [4.78, 5) is 19.1. The van der Waals surface area contributed by atoms with Gasteiger partial charge in [-0.05, 0) is 43.3 Å².